The van der Waals surface area contributed by atoms with Crippen molar-refractivity contribution in [2.24, 2.45) is 0 Å². The van der Waals surface area contributed by atoms with Crippen molar-refractivity contribution in [3.63, 3.8) is 0 Å². The van der Waals surface area contributed by atoms with E-state index in [1.807, 2.05) is 11.8 Å². The van der Waals surface area contributed by atoms with Gasteiger partial charge in [0.1, 0.15) is 0 Å². The number of rotatable bonds is 6. The van der Waals surface area contributed by atoms with Crippen LogP contribution in [0.15, 0.2) is 35.2 Å². The van der Waals surface area contributed by atoms with Crippen LogP contribution in [0.25, 0.3) is 0 Å². The van der Waals surface area contributed by atoms with Gasteiger partial charge in [-0.15, -0.1) is 0 Å². The number of nitrogens with one attached hydrogen (secondary N) is 2. The Morgan fingerprint density at radius 1 is 1.18 bits per heavy atom. The van der Waals surface area contributed by atoms with Crippen molar-refractivity contribution in [3.05, 3.63) is 41.7 Å². The Kier molecular flexibility index (Phi) is 6.22. The van der Waals surface area contributed by atoms with Crippen molar-refractivity contribution in [1.29, 1.82) is 0 Å². The lowest BCUT2D eigenvalue weighted by molar-refractivity contribution is -0.114. The van der Waals surface area contributed by atoms with Gasteiger partial charge in [-0.3, -0.25) is 4.79 Å². The maximum atomic E-state index is 12.5. The van der Waals surface area contributed by atoms with E-state index in [9.17, 15) is 13.2 Å². The number of benzene rings is 1. The smallest absolute Gasteiger partial charge is 0.240 e. The molecule has 0 aliphatic carbocycles. The Labute approximate surface area is 164 Å². The highest BCUT2D eigenvalue weighted by Gasteiger charge is 2.17. The van der Waals surface area contributed by atoms with E-state index in [4.69, 9.17) is 4.74 Å². The number of morpholine rings is 1. The van der Waals surface area contributed by atoms with Crippen LogP contribution >= 0.6 is 0 Å². The fraction of sp³-hybridized carbons (Fsp3) is 0.389. The van der Waals surface area contributed by atoms with Crippen molar-refractivity contribution >= 4 is 27.6 Å². The molecule has 28 heavy (non-hydrogen) atoms. The van der Waals surface area contributed by atoms with Crippen LogP contribution in [0.4, 0.5) is 11.6 Å². The number of ether oxygens (including phenoxy) is 1. The molecule has 1 aromatic carbocycles. The highest BCUT2D eigenvalue weighted by atomic mass is 32.2. The topological polar surface area (TPSA) is 114 Å². The molecule has 2 aromatic rings. The predicted octanol–water partition coefficient (Wildman–Crippen LogP) is 1.06. The molecule has 10 heteroatoms. The molecule has 2 heterocycles. The quantitative estimate of drug-likeness (QED) is 0.739. The Morgan fingerprint density at radius 2 is 1.86 bits per heavy atom. The third kappa shape index (κ3) is 5.24. The highest BCUT2D eigenvalue weighted by Crippen LogP contribution is 2.16. The minimum Gasteiger partial charge on any atom is -0.378 e. The first-order valence-electron chi connectivity index (χ1n) is 8.88. The van der Waals surface area contributed by atoms with Crippen molar-refractivity contribution in [2.45, 2.75) is 25.3 Å². The minimum absolute atomic E-state index is 0.0521. The van der Waals surface area contributed by atoms with Crippen LogP contribution < -0.4 is 14.9 Å². The number of anilines is 2. The van der Waals surface area contributed by atoms with Gasteiger partial charge in [0.2, 0.25) is 21.9 Å². The van der Waals surface area contributed by atoms with Crippen LogP contribution in [-0.2, 0) is 26.1 Å². The lowest BCUT2D eigenvalue weighted by Crippen LogP contribution is -2.37. The maximum Gasteiger partial charge on any atom is 0.240 e. The average Bonchev–Trinajstić information content (AvgIpc) is 2.67. The molecule has 0 spiro atoms. The summed E-state index contributed by atoms with van der Waals surface area (Å²) in [6.45, 7) is 5.94. The molecule has 0 bridgehead atoms. The second-order valence-electron chi connectivity index (χ2n) is 6.43. The number of amides is 1. The molecule has 1 aliphatic rings. The van der Waals surface area contributed by atoms with Gasteiger partial charge >= 0.3 is 0 Å². The maximum absolute atomic E-state index is 12.5. The molecule has 150 valence electrons. The van der Waals surface area contributed by atoms with E-state index in [1.165, 1.54) is 19.1 Å². The van der Waals surface area contributed by atoms with E-state index < -0.39 is 10.0 Å². The van der Waals surface area contributed by atoms with Crippen LogP contribution in [-0.4, -0.2) is 50.6 Å². The molecule has 1 amide bonds. The Morgan fingerprint density at radius 3 is 2.50 bits per heavy atom. The molecular weight excluding hydrogens is 382 g/mol. The molecular formula is C18H23N5O4S. The molecule has 0 unspecified atom stereocenters. The standard InChI is InChI=1S/C18H23N5O4S/c1-13-11-16(22-18(20-13)23-7-9-27-10-8-23)12-19-28(25,26)17-5-3-15(4-6-17)21-14(2)24/h3-6,11,19H,7-10,12H2,1-2H3,(H,21,24). The molecule has 1 aromatic heterocycles. The zero-order valence-electron chi connectivity index (χ0n) is 15.8. The third-order valence-electron chi connectivity index (χ3n) is 4.12. The van der Waals surface area contributed by atoms with E-state index in [-0.39, 0.29) is 17.3 Å². The number of carbonyl (C=O) groups is 1. The summed E-state index contributed by atoms with van der Waals surface area (Å²) in [6.07, 6.45) is 0. The molecule has 2 N–H and O–H groups in total. The van der Waals surface area contributed by atoms with Crippen LogP contribution in [0.2, 0.25) is 0 Å². The number of hydrogen-bond donors (Lipinski definition) is 2. The molecule has 1 aliphatic heterocycles. The number of sulfonamides is 1. The Bertz CT molecular complexity index is 941. The lowest BCUT2D eigenvalue weighted by Gasteiger charge is -2.27. The van der Waals surface area contributed by atoms with E-state index in [0.717, 1.165) is 5.69 Å². The first-order chi connectivity index (χ1) is 13.3. The first-order valence-corrected chi connectivity index (χ1v) is 10.4. The summed E-state index contributed by atoms with van der Waals surface area (Å²) in [4.78, 5) is 22.1. The normalized spacial score (nSPS) is 14.7. The summed E-state index contributed by atoms with van der Waals surface area (Å²) >= 11 is 0. The molecule has 3 rings (SSSR count). The van der Waals surface area contributed by atoms with E-state index in [2.05, 4.69) is 20.0 Å². The summed E-state index contributed by atoms with van der Waals surface area (Å²) in [5.41, 5.74) is 1.89. The molecule has 1 fully saturated rings. The van der Waals surface area contributed by atoms with E-state index >= 15 is 0 Å². The zero-order chi connectivity index (χ0) is 20.1. The predicted molar refractivity (Wildman–Crippen MR) is 105 cm³/mol. The lowest BCUT2D eigenvalue weighted by atomic mass is 10.3. The van der Waals surface area contributed by atoms with Crippen LogP contribution in [0, 0.1) is 6.92 Å². The van der Waals surface area contributed by atoms with Crippen molar-refractivity contribution in [3.8, 4) is 0 Å². The number of aromatic nitrogens is 2. The van der Waals surface area contributed by atoms with Crippen LogP contribution in [0.1, 0.15) is 18.3 Å². The van der Waals surface area contributed by atoms with Gasteiger partial charge in [-0.2, -0.15) is 0 Å². The van der Waals surface area contributed by atoms with Gasteiger partial charge < -0.3 is 15.0 Å². The summed E-state index contributed by atoms with van der Waals surface area (Å²) in [5, 5.41) is 2.60. The highest BCUT2D eigenvalue weighted by molar-refractivity contribution is 7.89. The zero-order valence-corrected chi connectivity index (χ0v) is 16.6. The molecule has 0 saturated carbocycles. The van der Waals surface area contributed by atoms with Crippen molar-refractivity contribution in [1.82, 2.24) is 14.7 Å². The van der Waals surface area contributed by atoms with Gasteiger partial charge in [0.25, 0.3) is 0 Å². The summed E-state index contributed by atoms with van der Waals surface area (Å²) < 4.78 is 33.0. The summed E-state index contributed by atoms with van der Waals surface area (Å²) in [7, 11) is -3.71. The van der Waals surface area contributed by atoms with Crippen molar-refractivity contribution in [2.75, 3.05) is 36.5 Å². The fourth-order valence-corrected chi connectivity index (χ4v) is 3.78. The molecule has 0 radical (unpaired) electrons. The number of aryl methyl sites for hydroxylation is 1. The largest absolute Gasteiger partial charge is 0.378 e. The Balaban J connectivity index is 1.70. The summed E-state index contributed by atoms with van der Waals surface area (Å²) in [6, 6.07) is 7.73. The van der Waals surface area contributed by atoms with Crippen molar-refractivity contribution < 1.29 is 17.9 Å². The third-order valence-corrected chi connectivity index (χ3v) is 5.53. The second-order valence-corrected chi connectivity index (χ2v) is 8.20. The van der Waals surface area contributed by atoms with Gasteiger partial charge in [0.05, 0.1) is 30.3 Å². The van der Waals surface area contributed by atoms with E-state index in [1.54, 1.807) is 18.2 Å². The SMILES string of the molecule is CC(=O)Nc1ccc(S(=O)(=O)NCc2cc(C)nc(N3CCOCC3)n2)cc1. The number of nitrogens with zero attached hydrogens (tertiary/aromatic N) is 3. The average molecular weight is 405 g/mol. The van der Waals surface area contributed by atoms with Crippen LogP contribution in [0.5, 0.6) is 0 Å². The Hall–Kier alpha value is -2.56. The van der Waals surface area contributed by atoms with E-state index in [0.29, 0.717) is 43.6 Å². The van der Waals surface area contributed by atoms with Gasteiger partial charge in [-0.1, -0.05) is 0 Å². The number of carbonyl (C=O) groups excluding carboxylic acids is 1. The van der Waals surface area contributed by atoms with Gasteiger partial charge in [0.15, 0.2) is 0 Å². The molecule has 1 saturated heterocycles. The minimum atomic E-state index is -3.71. The van der Waals surface area contributed by atoms with Gasteiger partial charge in [-0.05, 0) is 37.3 Å². The monoisotopic (exact) mass is 405 g/mol. The second kappa shape index (κ2) is 8.63. The molecule has 0 atom stereocenters. The number of hydrogen-bond acceptors (Lipinski definition) is 7. The van der Waals surface area contributed by atoms with Gasteiger partial charge in [-0.25, -0.2) is 23.1 Å². The first kappa shape index (κ1) is 20.2. The summed E-state index contributed by atoms with van der Waals surface area (Å²) in [5.74, 6) is 0.362. The van der Waals surface area contributed by atoms with Gasteiger partial charge in [0, 0.05) is 31.4 Å². The molecule has 9 nitrogen and oxygen atoms in total. The van der Waals surface area contributed by atoms with Crippen LogP contribution in [0.3, 0.4) is 0 Å². The fourth-order valence-electron chi connectivity index (χ4n) is 2.79.